The number of nitrogens with one attached hydrogen (secondary N) is 3. The van der Waals surface area contributed by atoms with Gasteiger partial charge in [-0.25, -0.2) is 9.78 Å². The molecule has 3 N–H and O–H groups in total. The molecule has 0 aliphatic carbocycles. The number of urea groups is 1. The van der Waals surface area contributed by atoms with E-state index in [2.05, 4.69) is 30.9 Å². The van der Waals surface area contributed by atoms with Crippen LogP contribution in [0.5, 0.6) is 0 Å². The third-order valence-corrected chi connectivity index (χ3v) is 11.3. The highest BCUT2D eigenvalue weighted by atomic mass is 16.2. The molecule has 2 aliphatic rings. The third kappa shape index (κ3) is 9.59. The van der Waals surface area contributed by atoms with Crippen LogP contribution >= 0.6 is 0 Å². The Morgan fingerprint density at radius 3 is 2.31 bits per heavy atom. The fourth-order valence-electron chi connectivity index (χ4n) is 7.66. The lowest BCUT2D eigenvalue weighted by molar-refractivity contribution is -0.143. The third-order valence-electron chi connectivity index (χ3n) is 11.3. The van der Waals surface area contributed by atoms with Gasteiger partial charge < -0.3 is 20.9 Å². The Bertz CT molecular complexity index is 2190. The van der Waals surface area contributed by atoms with Gasteiger partial charge in [-0.05, 0) is 74.8 Å². The van der Waals surface area contributed by atoms with E-state index >= 15 is 0 Å². The zero-order chi connectivity index (χ0) is 42.5. The zero-order valence-electron chi connectivity index (χ0n) is 35.2. The van der Waals surface area contributed by atoms with Crippen molar-refractivity contribution in [2.24, 2.45) is 17.8 Å². The maximum atomic E-state index is 14.3. The van der Waals surface area contributed by atoms with Crippen LogP contribution in [0, 0.1) is 31.6 Å². The number of likely N-dealkylation sites (tertiary alicyclic amines) is 1. The van der Waals surface area contributed by atoms with Crippen molar-refractivity contribution >= 4 is 52.7 Å². The van der Waals surface area contributed by atoms with Gasteiger partial charge in [-0.15, -0.1) is 0 Å². The predicted octanol–water partition coefficient (Wildman–Crippen LogP) is 6.66. The molecular formula is C45H55N9O5. The second-order valence-corrected chi connectivity index (χ2v) is 16.3. The van der Waals surface area contributed by atoms with Gasteiger partial charge in [0.25, 0.3) is 0 Å². The van der Waals surface area contributed by atoms with Gasteiger partial charge in [0.05, 0.1) is 24.5 Å². The summed E-state index contributed by atoms with van der Waals surface area (Å²) in [5, 5.41) is 9.10. The Kier molecular flexibility index (Phi) is 13.1. The molecule has 14 nitrogen and oxygen atoms in total. The summed E-state index contributed by atoms with van der Waals surface area (Å²) < 4.78 is 0. The van der Waals surface area contributed by atoms with Crippen LogP contribution in [0.2, 0.25) is 0 Å². The summed E-state index contributed by atoms with van der Waals surface area (Å²) >= 11 is 0. The van der Waals surface area contributed by atoms with Crippen LogP contribution in [0.1, 0.15) is 92.7 Å². The normalized spacial score (nSPS) is 16.7. The van der Waals surface area contributed by atoms with Gasteiger partial charge in [-0.2, -0.15) is 4.98 Å². The molecule has 6 rings (SSSR count). The summed E-state index contributed by atoms with van der Waals surface area (Å²) in [7, 11) is 1.65. The first-order valence-electron chi connectivity index (χ1n) is 20.3. The van der Waals surface area contributed by atoms with E-state index in [1.54, 1.807) is 47.4 Å². The molecule has 0 spiro atoms. The first-order chi connectivity index (χ1) is 28.1. The number of nitrogens with zero attached hydrogens (tertiary/aromatic N) is 6. The highest BCUT2D eigenvalue weighted by molar-refractivity contribution is 6.07. The van der Waals surface area contributed by atoms with Crippen LogP contribution in [-0.2, 0) is 20.9 Å². The lowest BCUT2D eigenvalue weighted by atomic mass is 9.87. The molecular weight excluding hydrogens is 747 g/mol. The molecule has 2 aliphatic heterocycles. The van der Waals surface area contributed by atoms with Crippen molar-refractivity contribution in [2.75, 3.05) is 28.7 Å². The quantitative estimate of drug-likeness (QED) is 0.118. The molecule has 0 radical (unpaired) electrons. The van der Waals surface area contributed by atoms with Gasteiger partial charge in [-0.3, -0.25) is 34.0 Å². The minimum atomic E-state index is -0.798. The molecule has 0 unspecified atom stereocenters. The largest absolute Gasteiger partial charge is 0.348 e. The van der Waals surface area contributed by atoms with Gasteiger partial charge >= 0.3 is 6.03 Å². The SMILES string of the molecule is Cc1ccc(Nc2ncc3c(n2)N(C)C(=O)N(c2cc(C(=O)C[C@H](C(=O)N4CCC[C@H]4C(=O)N[C@H](C(=O)N[C@H](C)c4ccccc4)C(C)C)C(C)C)ccc2C)C3)cn1. The maximum Gasteiger partial charge on any atom is 0.330 e. The molecule has 2 aromatic carbocycles. The van der Waals surface area contributed by atoms with Crippen molar-refractivity contribution in [1.82, 2.24) is 30.5 Å². The summed E-state index contributed by atoms with van der Waals surface area (Å²) in [4.78, 5) is 87.4. The number of aromatic nitrogens is 3. The summed E-state index contributed by atoms with van der Waals surface area (Å²) in [6, 6.07) is 16.5. The summed E-state index contributed by atoms with van der Waals surface area (Å²) in [6.45, 7) is 13.8. The second-order valence-electron chi connectivity index (χ2n) is 16.3. The number of hydrogen-bond donors (Lipinski definition) is 3. The van der Waals surface area contributed by atoms with Gasteiger partial charge in [0.15, 0.2) is 5.78 Å². The van der Waals surface area contributed by atoms with Crippen LogP contribution in [-0.4, -0.2) is 75.1 Å². The van der Waals surface area contributed by atoms with Crippen molar-refractivity contribution in [3.05, 3.63) is 101 Å². The van der Waals surface area contributed by atoms with Gasteiger partial charge in [0.1, 0.15) is 17.9 Å². The van der Waals surface area contributed by atoms with E-state index in [0.717, 1.165) is 28.1 Å². The van der Waals surface area contributed by atoms with E-state index in [-0.39, 0.29) is 60.4 Å². The van der Waals surface area contributed by atoms with Crippen LogP contribution in [0.15, 0.2) is 73.1 Å². The van der Waals surface area contributed by atoms with E-state index in [9.17, 15) is 24.0 Å². The number of fused-ring (bicyclic) bond motifs is 1. The van der Waals surface area contributed by atoms with E-state index in [1.807, 2.05) is 90.9 Å². The first kappa shape index (κ1) is 42.4. The molecule has 59 heavy (non-hydrogen) atoms. The second kappa shape index (κ2) is 18.2. The topological polar surface area (TPSA) is 170 Å². The minimum absolute atomic E-state index is 0.0744. The van der Waals surface area contributed by atoms with Crippen molar-refractivity contribution in [3.8, 4) is 0 Å². The number of carbonyl (C=O) groups excluding carboxylic acids is 5. The number of hydrogen-bond acceptors (Lipinski definition) is 9. The number of anilines is 4. The van der Waals surface area contributed by atoms with E-state index in [0.29, 0.717) is 42.4 Å². The first-order valence-corrected chi connectivity index (χ1v) is 20.3. The Morgan fingerprint density at radius 2 is 1.63 bits per heavy atom. The molecule has 1 fully saturated rings. The molecule has 0 saturated carbocycles. The monoisotopic (exact) mass is 801 g/mol. The van der Waals surface area contributed by atoms with Crippen molar-refractivity contribution < 1.29 is 24.0 Å². The Morgan fingerprint density at radius 1 is 0.881 bits per heavy atom. The molecule has 1 saturated heterocycles. The molecule has 310 valence electrons. The van der Waals surface area contributed by atoms with Crippen LogP contribution in [0.4, 0.5) is 27.9 Å². The maximum absolute atomic E-state index is 14.3. The Balaban J connectivity index is 1.13. The number of pyridine rings is 1. The number of aryl methyl sites for hydroxylation is 2. The number of rotatable bonds is 14. The molecule has 4 aromatic rings. The number of amides is 5. The number of carbonyl (C=O) groups is 5. The summed E-state index contributed by atoms with van der Waals surface area (Å²) in [6.07, 6.45) is 4.38. The number of ketones is 1. The van der Waals surface area contributed by atoms with E-state index < -0.39 is 18.0 Å². The van der Waals surface area contributed by atoms with Gasteiger partial charge in [-0.1, -0.05) is 70.2 Å². The van der Waals surface area contributed by atoms with Crippen LogP contribution in [0.3, 0.4) is 0 Å². The molecule has 2 aromatic heterocycles. The molecule has 4 heterocycles. The van der Waals surface area contributed by atoms with Crippen LogP contribution < -0.4 is 25.8 Å². The fraction of sp³-hybridized carbons (Fsp3) is 0.422. The molecule has 0 bridgehead atoms. The summed E-state index contributed by atoms with van der Waals surface area (Å²) in [5.41, 5.74) is 5.02. The number of benzene rings is 2. The smallest absolute Gasteiger partial charge is 0.330 e. The van der Waals surface area contributed by atoms with E-state index in [4.69, 9.17) is 0 Å². The van der Waals surface area contributed by atoms with Gasteiger partial charge in [0.2, 0.25) is 23.7 Å². The lowest BCUT2D eigenvalue weighted by Crippen LogP contribution is -2.55. The molecule has 4 atom stereocenters. The fourth-order valence-corrected chi connectivity index (χ4v) is 7.66. The van der Waals surface area contributed by atoms with Crippen molar-refractivity contribution in [3.63, 3.8) is 0 Å². The molecule has 5 amide bonds. The zero-order valence-corrected chi connectivity index (χ0v) is 35.2. The lowest BCUT2D eigenvalue weighted by Gasteiger charge is -2.35. The highest BCUT2D eigenvalue weighted by Gasteiger charge is 2.40. The predicted molar refractivity (Wildman–Crippen MR) is 227 cm³/mol. The Labute approximate surface area is 346 Å². The molecule has 14 heteroatoms. The van der Waals surface area contributed by atoms with Gasteiger partial charge in [0, 0.05) is 54.6 Å². The van der Waals surface area contributed by atoms with Crippen LogP contribution in [0.25, 0.3) is 0 Å². The summed E-state index contributed by atoms with van der Waals surface area (Å²) in [5.74, 6) is -1.48. The average molecular weight is 802 g/mol. The van der Waals surface area contributed by atoms with Crippen molar-refractivity contribution in [1.29, 1.82) is 0 Å². The Hall–Kier alpha value is -6.18. The number of Topliss-reactive ketones (excluding diaryl/α,β-unsaturated/α-hetero) is 1. The highest BCUT2D eigenvalue weighted by Crippen LogP contribution is 2.34. The minimum Gasteiger partial charge on any atom is -0.348 e. The average Bonchev–Trinajstić information content (AvgIpc) is 3.72. The standard InChI is InChI=1S/C45H55N9O5/c1-26(2)35(43(58)53-20-12-15-36(53)41(56)50-39(27(3)4)42(57)48-30(7)31-13-10-9-11-14-31)22-38(55)32-18-16-28(5)37(21-32)54-25-33-23-47-44(51-40(33)52(8)45(54)59)49-34-19-17-29(6)46-24-34/h9-11,13-14,16-19,21,23-24,26-27,30,35-36,39H,12,15,20,22,25H2,1-8H3,(H,48,57)(H,50,56)(H,47,49,51)/t30-,35+,36+,39+/m1/s1. The van der Waals surface area contributed by atoms with E-state index in [1.165, 1.54) is 4.90 Å². The van der Waals surface area contributed by atoms with Crippen molar-refractivity contribution in [2.45, 2.75) is 92.4 Å².